The molecule has 1 aromatic heterocycles. The molecule has 2 nitrogen and oxygen atoms in total. The Balaban J connectivity index is 2.37. The molecule has 0 aliphatic heterocycles. The third kappa shape index (κ3) is 2.58. The fourth-order valence-corrected chi connectivity index (χ4v) is 3.56. The third-order valence-electron chi connectivity index (χ3n) is 3.45. The van der Waals surface area contributed by atoms with Crippen LogP contribution >= 0.6 is 11.3 Å². The van der Waals surface area contributed by atoms with Crippen LogP contribution in [0.1, 0.15) is 31.9 Å². The SMILES string of the molecule is CCCN(CC)C(CN)c1csc2ccccc12. The maximum absolute atomic E-state index is 6.02. The fourth-order valence-electron chi connectivity index (χ4n) is 2.55. The summed E-state index contributed by atoms with van der Waals surface area (Å²) in [5, 5.41) is 3.65. The summed E-state index contributed by atoms with van der Waals surface area (Å²) in [6.45, 7) is 7.30. The summed E-state index contributed by atoms with van der Waals surface area (Å²) in [6.07, 6.45) is 1.17. The van der Waals surface area contributed by atoms with Crippen LogP contribution in [0.2, 0.25) is 0 Å². The van der Waals surface area contributed by atoms with Crippen LogP contribution in [-0.4, -0.2) is 24.5 Å². The van der Waals surface area contributed by atoms with Crippen LogP contribution in [0.5, 0.6) is 0 Å². The van der Waals surface area contributed by atoms with Gasteiger partial charge in [-0.15, -0.1) is 11.3 Å². The van der Waals surface area contributed by atoms with Crippen molar-refractivity contribution in [2.75, 3.05) is 19.6 Å². The Morgan fingerprint density at radius 2 is 2.06 bits per heavy atom. The Morgan fingerprint density at radius 3 is 2.72 bits per heavy atom. The summed E-state index contributed by atoms with van der Waals surface area (Å²) in [4.78, 5) is 2.48. The van der Waals surface area contributed by atoms with Crippen LogP contribution < -0.4 is 5.73 Å². The molecular formula is C15H22N2S. The number of likely N-dealkylation sites (N-methyl/N-ethyl adjacent to an activating group) is 1. The van der Waals surface area contributed by atoms with Crippen LogP contribution in [0.25, 0.3) is 10.1 Å². The normalized spacial score (nSPS) is 13.3. The molecule has 18 heavy (non-hydrogen) atoms. The van der Waals surface area contributed by atoms with E-state index in [0.717, 1.165) is 13.1 Å². The number of benzene rings is 1. The molecule has 0 aliphatic rings. The lowest BCUT2D eigenvalue weighted by atomic mass is 10.0. The highest BCUT2D eigenvalue weighted by atomic mass is 32.1. The highest BCUT2D eigenvalue weighted by Crippen LogP contribution is 2.32. The van der Waals surface area contributed by atoms with Crippen molar-refractivity contribution in [3.05, 3.63) is 35.2 Å². The topological polar surface area (TPSA) is 29.3 Å². The van der Waals surface area contributed by atoms with Crippen molar-refractivity contribution in [1.82, 2.24) is 4.90 Å². The van der Waals surface area contributed by atoms with Gasteiger partial charge in [0.25, 0.3) is 0 Å². The zero-order valence-corrected chi connectivity index (χ0v) is 12.0. The maximum atomic E-state index is 6.02. The Morgan fingerprint density at radius 1 is 1.28 bits per heavy atom. The molecule has 1 unspecified atom stereocenters. The second-order valence-electron chi connectivity index (χ2n) is 4.57. The van der Waals surface area contributed by atoms with E-state index in [9.17, 15) is 0 Å². The highest BCUT2D eigenvalue weighted by molar-refractivity contribution is 7.17. The number of hydrogen-bond acceptors (Lipinski definition) is 3. The van der Waals surface area contributed by atoms with E-state index >= 15 is 0 Å². The average molecular weight is 262 g/mol. The molecule has 2 aromatic rings. The number of rotatable bonds is 6. The predicted octanol–water partition coefficient (Wildman–Crippen LogP) is 3.63. The summed E-state index contributed by atoms with van der Waals surface area (Å²) >= 11 is 1.82. The minimum Gasteiger partial charge on any atom is -0.329 e. The monoisotopic (exact) mass is 262 g/mol. The van der Waals surface area contributed by atoms with E-state index in [1.807, 2.05) is 11.3 Å². The minimum atomic E-state index is 0.353. The lowest BCUT2D eigenvalue weighted by Crippen LogP contribution is -2.34. The third-order valence-corrected chi connectivity index (χ3v) is 4.43. The first-order valence-corrected chi connectivity index (χ1v) is 7.60. The molecule has 0 fully saturated rings. The Kier molecular flexibility index (Phi) is 4.75. The second-order valence-corrected chi connectivity index (χ2v) is 5.48. The van der Waals surface area contributed by atoms with Gasteiger partial charge in [0.15, 0.2) is 0 Å². The van der Waals surface area contributed by atoms with E-state index in [1.165, 1.54) is 22.1 Å². The number of fused-ring (bicyclic) bond motifs is 1. The van der Waals surface area contributed by atoms with E-state index in [2.05, 4.69) is 48.4 Å². The molecule has 0 saturated carbocycles. The van der Waals surface area contributed by atoms with E-state index in [-0.39, 0.29) is 0 Å². The number of thiophene rings is 1. The summed E-state index contributed by atoms with van der Waals surface area (Å²) < 4.78 is 1.36. The van der Waals surface area contributed by atoms with Gasteiger partial charge in [-0.2, -0.15) is 0 Å². The molecule has 2 rings (SSSR count). The lowest BCUT2D eigenvalue weighted by Gasteiger charge is -2.29. The summed E-state index contributed by atoms with van der Waals surface area (Å²) in [6, 6.07) is 8.97. The van der Waals surface area contributed by atoms with Crippen molar-refractivity contribution < 1.29 is 0 Å². The molecule has 0 saturated heterocycles. The first-order valence-electron chi connectivity index (χ1n) is 6.72. The van der Waals surface area contributed by atoms with Gasteiger partial charge in [-0.25, -0.2) is 0 Å². The van der Waals surface area contributed by atoms with Gasteiger partial charge in [-0.1, -0.05) is 32.0 Å². The Bertz CT molecular complexity index is 492. The fraction of sp³-hybridized carbons (Fsp3) is 0.467. The molecule has 0 aliphatic carbocycles. The van der Waals surface area contributed by atoms with Crippen LogP contribution in [0.4, 0.5) is 0 Å². The van der Waals surface area contributed by atoms with E-state index in [1.54, 1.807) is 0 Å². The molecule has 98 valence electrons. The molecular weight excluding hydrogens is 240 g/mol. The molecule has 1 atom stereocenters. The lowest BCUT2D eigenvalue weighted by molar-refractivity contribution is 0.214. The Labute approximate surface area is 113 Å². The maximum Gasteiger partial charge on any atom is 0.0484 e. The van der Waals surface area contributed by atoms with Crippen LogP contribution in [0, 0.1) is 0 Å². The molecule has 1 aromatic carbocycles. The number of nitrogens with zero attached hydrogens (tertiary/aromatic N) is 1. The first kappa shape index (κ1) is 13.5. The number of nitrogens with two attached hydrogens (primary N) is 1. The molecule has 2 N–H and O–H groups in total. The largest absolute Gasteiger partial charge is 0.329 e. The molecule has 0 radical (unpaired) electrons. The predicted molar refractivity (Wildman–Crippen MR) is 81.2 cm³/mol. The van der Waals surface area contributed by atoms with Gasteiger partial charge < -0.3 is 5.73 Å². The van der Waals surface area contributed by atoms with Gasteiger partial charge in [0.1, 0.15) is 0 Å². The van der Waals surface area contributed by atoms with Gasteiger partial charge in [-0.05, 0) is 41.9 Å². The standard InChI is InChI=1S/C15H22N2S/c1-3-9-17(4-2)14(10-16)13-11-18-15-8-6-5-7-12(13)15/h5-8,11,14H,3-4,9-10,16H2,1-2H3. The minimum absolute atomic E-state index is 0.353. The van der Waals surface area contributed by atoms with Gasteiger partial charge in [-0.3, -0.25) is 4.90 Å². The van der Waals surface area contributed by atoms with E-state index < -0.39 is 0 Å². The Hall–Kier alpha value is -0.900. The zero-order valence-electron chi connectivity index (χ0n) is 11.2. The summed E-state index contributed by atoms with van der Waals surface area (Å²) in [5.74, 6) is 0. The van der Waals surface area contributed by atoms with Crippen LogP contribution in [-0.2, 0) is 0 Å². The van der Waals surface area contributed by atoms with Crippen molar-refractivity contribution in [3.8, 4) is 0 Å². The van der Waals surface area contributed by atoms with Gasteiger partial charge in [0, 0.05) is 17.3 Å². The van der Waals surface area contributed by atoms with Gasteiger partial charge in [0.2, 0.25) is 0 Å². The van der Waals surface area contributed by atoms with Crippen molar-refractivity contribution in [3.63, 3.8) is 0 Å². The quantitative estimate of drug-likeness (QED) is 0.861. The van der Waals surface area contributed by atoms with E-state index in [4.69, 9.17) is 5.73 Å². The smallest absolute Gasteiger partial charge is 0.0484 e. The van der Waals surface area contributed by atoms with Gasteiger partial charge in [0.05, 0.1) is 0 Å². The van der Waals surface area contributed by atoms with Crippen LogP contribution in [0.15, 0.2) is 29.6 Å². The summed E-state index contributed by atoms with van der Waals surface area (Å²) in [7, 11) is 0. The van der Waals surface area contributed by atoms with Crippen molar-refractivity contribution in [2.45, 2.75) is 26.3 Å². The molecule has 0 amide bonds. The van der Waals surface area contributed by atoms with Crippen molar-refractivity contribution in [1.29, 1.82) is 0 Å². The van der Waals surface area contributed by atoms with Crippen molar-refractivity contribution >= 4 is 21.4 Å². The highest BCUT2D eigenvalue weighted by Gasteiger charge is 2.19. The second kappa shape index (κ2) is 6.32. The van der Waals surface area contributed by atoms with E-state index in [0.29, 0.717) is 12.6 Å². The summed E-state index contributed by atoms with van der Waals surface area (Å²) in [5.41, 5.74) is 7.42. The van der Waals surface area contributed by atoms with Gasteiger partial charge >= 0.3 is 0 Å². The zero-order chi connectivity index (χ0) is 13.0. The molecule has 0 spiro atoms. The first-order chi connectivity index (χ1) is 8.81. The molecule has 0 bridgehead atoms. The van der Waals surface area contributed by atoms with Crippen LogP contribution in [0.3, 0.4) is 0 Å². The van der Waals surface area contributed by atoms with Crippen molar-refractivity contribution in [2.24, 2.45) is 5.73 Å². The molecule has 1 heterocycles. The average Bonchev–Trinajstić information content (AvgIpc) is 2.83. The molecule has 3 heteroatoms. The number of hydrogen-bond donors (Lipinski definition) is 1.